The molecule has 0 atom stereocenters. The standard InChI is InChI=1S/C14H13F3N2O2/c1-21-13(20)12-11(18)9(7-19-12)6-8-2-4-10(5-3-8)14(15,16)17/h2-5,7,19H,6,18H2,1H3. The van der Waals surface area contributed by atoms with Crippen LogP contribution < -0.4 is 5.73 Å². The van der Waals surface area contributed by atoms with Crippen LogP contribution in [0, 0.1) is 0 Å². The summed E-state index contributed by atoms with van der Waals surface area (Å²) in [5.41, 5.74) is 6.76. The molecule has 0 aliphatic rings. The van der Waals surface area contributed by atoms with Crippen molar-refractivity contribution in [2.75, 3.05) is 12.8 Å². The van der Waals surface area contributed by atoms with Gasteiger partial charge in [0.15, 0.2) is 0 Å². The maximum absolute atomic E-state index is 12.5. The van der Waals surface area contributed by atoms with Crippen molar-refractivity contribution in [3.05, 3.63) is 52.8 Å². The number of halogens is 3. The molecular formula is C14H13F3N2O2. The molecule has 0 saturated carbocycles. The number of methoxy groups -OCH3 is 1. The molecule has 0 saturated heterocycles. The van der Waals surface area contributed by atoms with Crippen LogP contribution >= 0.6 is 0 Å². The summed E-state index contributed by atoms with van der Waals surface area (Å²) in [4.78, 5) is 14.1. The Balaban J connectivity index is 2.19. The van der Waals surface area contributed by atoms with Crippen LogP contribution in [0.2, 0.25) is 0 Å². The number of aromatic amines is 1. The summed E-state index contributed by atoms with van der Waals surface area (Å²) in [6.07, 6.45) is -2.50. The van der Waals surface area contributed by atoms with Gasteiger partial charge < -0.3 is 15.5 Å². The van der Waals surface area contributed by atoms with Crippen molar-refractivity contribution in [1.29, 1.82) is 0 Å². The number of esters is 1. The van der Waals surface area contributed by atoms with Gasteiger partial charge in [-0.1, -0.05) is 12.1 Å². The number of carbonyl (C=O) groups is 1. The van der Waals surface area contributed by atoms with Crippen LogP contribution in [-0.4, -0.2) is 18.1 Å². The molecule has 4 nitrogen and oxygen atoms in total. The average Bonchev–Trinajstić information content (AvgIpc) is 2.79. The van der Waals surface area contributed by atoms with Gasteiger partial charge in [-0.3, -0.25) is 0 Å². The highest BCUT2D eigenvalue weighted by molar-refractivity contribution is 5.94. The van der Waals surface area contributed by atoms with Gasteiger partial charge in [0.25, 0.3) is 0 Å². The van der Waals surface area contributed by atoms with Crippen LogP contribution in [-0.2, 0) is 17.3 Å². The maximum Gasteiger partial charge on any atom is 0.416 e. The lowest BCUT2D eigenvalue weighted by molar-refractivity contribution is -0.137. The van der Waals surface area contributed by atoms with Gasteiger partial charge in [0.2, 0.25) is 0 Å². The number of H-pyrrole nitrogens is 1. The molecular weight excluding hydrogens is 285 g/mol. The topological polar surface area (TPSA) is 68.1 Å². The minimum atomic E-state index is -4.36. The van der Waals surface area contributed by atoms with E-state index in [1.807, 2.05) is 0 Å². The number of aromatic nitrogens is 1. The lowest BCUT2D eigenvalue weighted by Crippen LogP contribution is -2.06. The number of benzene rings is 1. The van der Waals surface area contributed by atoms with Gasteiger partial charge in [0.1, 0.15) is 5.69 Å². The van der Waals surface area contributed by atoms with E-state index < -0.39 is 17.7 Å². The molecule has 2 aromatic rings. The summed E-state index contributed by atoms with van der Waals surface area (Å²) in [5.74, 6) is -0.592. The van der Waals surface area contributed by atoms with E-state index in [2.05, 4.69) is 9.72 Å². The lowest BCUT2D eigenvalue weighted by Gasteiger charge is -2.07. The summed E-state index contributed by atoms with van der Waals surface area (Å²) in [7, 11) is 1.23. The first-order chi connectivity index (χ1) is 9.82. The number of anilines is 1. The zero-order valence-electron chi connectivity index (χ0n) is 11.1. The highest BCUT2D eigenvalue weighted by Gasteiger charge is 2.29. The predicted molar refractivity (Wildman–Crippen MR) is 70.8 cm³/mol. The largest absolute Gasteiger partial charge is 0.464 e. The highest BCUT2D eigenvalue weighted by atomic mass is 19.4. The quantitative estimate of drug-likeness (QED) is 0.856. The zero-order chi connectivity index (χ0) is 15.6. The first-order valence-corrected chi connectivity index (χ1v) is 6.03. The summed E-state index contributed by atoms with van der Waals surface area (Å²) in [6, 6.07) is 4.79. The number of hydrogen-bond donors (Lipinski definition) is 2. The van der Waals surface area contributed by atoms with Crippen LogP contribution in [0.15, 0.2) is 30.5 Å². The molecule has 2 rings (SSSR count). The maximum atomic E-state index is 12.5. The summed E-state index contributed by atoms with van der Waals surface area (Å²) < 4.78 is 42.0. The van der Waals surface area contributed by atoms with Gasteiger partial charge in [0, 0.05) is 12.6 Å². The van der Waals surface area contributed by atoms with Gasteiger partial charge in [-0.25, -0.2) is 4.79 Å². The third-order valence-electron chi connectivity index (χ3n) is 3.07. The van der Waals surface area contributed by atoms with Gasteiger partial charge in [-0.05, 0) is 23.3 Å². The summed E-state index contributed by atoms with van der Waals surface area (Å²) in [6.45, 7) is 0. The predicted octanol–water partition coefficient (Wildman–Crippen LogP) is 2.99. The molecule has 0 radical (unpaired) electrons. The van der Waals surface area contributed by atoms with Crippen molar-refractivity contribution in [1.82, 2.24) is 4.98 Å². The van der Waals surface area contributed by atoms with Crippen molar-refractivity contribution >= 4 is 11.7 Å². The van der Waals surface area contributed by atoms with Crippen molar-refractivity contribution in [2.24, 2.45) is 0 Å². The summed E-state index contributed by atoms with van der Waals surface area (Å²) >= 11 is 0. The molecule has 1 aromatic heterocycles. The second-order valence-corrected chi connectivity index (χ2v) is 4.47. The zero-order valence-corrected chi connectivity index (χ0v) is 11.1. The van der Waals surface area contributed by atoms with E-state index in [1.165, 1.54) is 19.2 Å². The van der Waals surface area contributed by atoms with Crippen molar-refractivity contribution < 1.29 is 22.7 Å². The van der Waals surface area contributed by atoms with E-state index >= 15 is 0 Å². The molecule has 3 N–H and O–H groups in total. The number of nitrogen functional groups attached to an aromatic ring is 1. The molecule has 0 aliphatic heterocycles. The fourth-order valence-electron chi connectivity index (χ4n) is 1.92. The minimum absolute atomic E-state index is 0.138. The first-order valence-electron chi connectivity index (χ1n) is 6.03. The van der Waals surface area contributed by atoms with Gasteiger partial charge in [-0.15, -0.1) is 0 Å². The molecule has 0 aliphatic carbocycles. The molecule has 112 valence electrons. The number of nitrogens with two attached hydrogens (primary N) is 1. The van der Waals surface area contributed by atoms with E-state index in [1.54, 1.807) is 6.20 Å². The molecule has 1 heterocycles. The number of rotatable bonds is 3. The third kappa shape index (κ3) is 3.18. The monoisotopic (exact) mass is 298 g/mol. The van der Waals surface area contributed by atoms with Crippen LogP contribution in [0.1, 0.15) is 27.2 Å². The van der Waals surface area contributed by atoms with Gasteiger partial charge in [-0.2, -0.15) is 13.2 Å². The van der Waals surface area contributed by atoms with E-state index in [4.69, 9.17) is 5.73 Å². The molecule has 7 heteroatoms. The Hall–Kier alpha value is -2.44. The van der Waals surface area contributed by atoms with Gasteiger partial charge in [0.05, 0.1) is 18.4 Å². The van der Waals surface area contributed by atoms with Crippen LogP contribution in [0.4, 0.5) is 18.9 Å². The Kier molecular flexibility index (Phi) is 3.93. The fraction of sp³-hybridized carbons (Fsp3) is 0.214. The van der Waals surface area contributed by atoms with E-state index in [-0.39, 0.29) is 11.4 Å². The van der Waals surface area contributed by atoms with E-state index in [9.17, 15) is 18.0 Å². The molecule has 0 amide bonds. The molecule has 0 fully saturated rings. The number of alkyl halides is 3. The third-order valence-corrected chi connectivity index (χ3v) is 3.07. The second-order valence-electron chi connectivity index (χ2n) is 4.47. The normalized spacial score (nSPS) is 11.4. The Morgan fingerprint density at radius 3 is 2.43 bits per heavy atom. The van der Waals surface area contributed by atoms with Gasteiger partial charge >= 0.3 is 12.1 Å². The first kappa shape index (κ1) is 15.0. The summed E-state index contributed by atoms with van der Waals surface area (Å²) in [5, 5.41) is 0. The molecule has 0 spiro atoms. The lowest BCUT2D eigenvalue weighted by atomic mass is 10.0. The SMILES string of the molecule is COC(=O)c1[nH]cc(Cc2ccc(C(F)(F)F)cc2)c1N. The van der Waals surface area contributed by atoms with Crippen LogP contribution in [0.5, 0.6) is 0 Å². The minimum Gasteiger partial charge on any atom is -0.464 e. The van der Waals surface area contributed by atoms with Crippen molar-refractivity contribution in [2.45, 2.75) is 12.6 Å². The van der Waals surface area contributed by atoms with E-state index in [0.29, 0.717) is 17.5 Å². The molecule has 0 unspecified atom stereocenters. The second kappa shape index (κ2) is 5.51. The Morgan fingerprint density at radius 1 is 1.29 bits per heavy atom. The number of carbonyl (C=O) groups excluding carboxylic acids is 1. The Bertz CT molecular complexity index is 645. The number of hydrogen-bond acceptors (Lipinski definition) is 3. The van der Waals surface area contributed by atoms with Crippen LogP contribution in [0.25, 0.3) is 0 Å². The van der Waals surface area contributed by atoms with Crippen molar-refractivity contribution in [3.8, 4) is 0 Å². The fourth-order valence-corrected chi connectivity index (χ4v) is 1.92. The van der Waals surface area contributed by atoms with E-state index in [0.717, 1.165) is 12.1 Å². The molecule has 21 heavy (non-hydrogen) atoms. The van der Waals surface area contributed by atoms with Crippen molar-refractivity contribution in [3.63, 3.8) is 0 Å². The molecule has 1 aromatic carbocycles. The highest BCUT2D eigenvalue weighted by Crippen LogP contribution is 2.29. The average molecular weight is 298 g/mol. The molecule has 0 bridgehead atoms. The Labute approximate surface area is 118 Å². The van der Waals surface area contributed by atoms with Crippen LogP contribution in [0.3, 0.4) is 0 Å². The number of nitrogens with one attached hydrogen (secondary N) is 1. The smallest absolute Gasteiger partial charge is 0.416 e. The Morgan fingerprint density at radius 2 is 1.90 bits per heavy atom. The number of ether oxygens (including phenoxy) is 1.